The molecule has 0 aliphatic heterocycles. The van der Waals surface area contributed by atoms with E-state index < -0.39 is 0 Å². The topological polar surface area (TPSA) is 67.8 Å². The maximum Gasteiger partial charge on any atom is 0.257 e. The predicted octanol–water partition coefficient (Wildman–Crippen LogP) is 2.96. The molecule has 0 atom stereocenters. The standard InChI is InChI=1S/C14H15ClN4O/c1-4-11-10(6-9(3)18-19-11)14(20)17-12-5-8(2)7-16-13(12)15/h5-7H,4H2,1-3H3,(H,17,20). The fourth-order valence-electron chi connectivity index (χ4n) is 1.80. The molecule has 0 spiro atoms. The molecule has 2 heterocycles. The summed E-state index contributed by atoms with van der Waals surface area (Å²) in [5, 5.41) is 11.0. The molecule has 104 valence electrons. The third-order valence-corrected chi connectivity index (χ3v) is 3.10. The smallest absolute Gasteiger partial charge is 0.257 e. The molecule has 0 aliphatic carbocycles. The molecule has 0 saturated heterocycles. The van der Waals surface area contributed by atoms with Gasteiger partial charge in [-0.1, -0.05) is 18.5 Å². The molecule has 1 N–H and O–H groups in total. The van der Waals surface area contributed by atoms with Crippen molar-refractivity contribution in [2.75, 3.05) is 5.32 Å². The summed E-state index contributed by atoms with van der Waals surface area (Å²) in [5.74, 6) is -0.255. The van der Waals surface area contributed by atoms with Gasteiger partial charge in [-0.05, 0) is 38.0 Å². The van der Waals surface area contributed by atoms with Crippen LogP contribution in [0.3, 0.4) is 0 Å². The zero-order valence-electron chi connectivity index (χ0n) is 11.6. The van der Waals surface area contributed by atoms with Crippen LogP contribution in [0.4, 0.5) is 5.69 Å². The average molecular weight is 291 g/mol. The van der Waals surface area contributed by atoms with E-state index >= 15 is 0 Å². The van der Waals surface area contributed by atoms with Gasteiger partial charge in [0.15, 0.2) is 5.15 Å². The van der Waals surface area contributed by atoms with E-state index in [4.69, 9.17) is 11.6 Å². The molecule has 0 bridgehead atoms. The van der Waals surface area contributed by atoms with Gasteiger partial charge in [-0.25, -0.2) is 4.98 Å². The minimum absolute atomic E-state index is 0.255. The highest BCUT2D eigenvalue weighted by molar-refractivity contribution is 6.32. The number of amides is 1. The summed E-state index contributed by atoms with van der Waals surface area (Å²) in [6, 6.07) is 3.50. The zero-order chi connectivity index (χ0) is 14.7. The Morgan fingerprint density at radius 3 is 2.75 bits per heavy atom. The molecule has 2 aromatic heterocycles. The summed E-state index contributed by atoms with van der Waals surface area (Å²) in [6.07, 6.45) is 2.28. The second-order valence-electron chi connectivity index (χ2n) is 4.50. The third kappa shape index (κ3) is 3.11. The molecule has 0 fully saturated rings. The Kier molecular flexibility index (Phi) is 4.29. The summed E-state index contributed by atoms with van der Waals surface area (Å²) in [5.41, 5.74) is 3.28. The van der Waals surface area contributed by atoms with Gasteiger partial charge >= 0.3 is 0 Å². The molecule has 2 aromatic rings. The Morgan fingerprint density at radius 1 is 1.30 bits per heavy atom. The number of pyridine rings is 1. The number of nitrogens with one attached hydrogen (secondary N) is 1. The fourth-order valence-corrected chi connectivity index (χ4v) is 1.95. The summed E-state index contributed by atoms with van der Waals surface area (Å²) < 4.78 is 0. The maximum absolute atomic E-state index is 12.3. The molecule has 0 radical (unpaired) electrons. The highest BCUT2D eigenvalue weighted by Crippen LogP contribution is 2.21. The van der Waals surface area contributed by atoms with Gasteiger partial charge in [0.2, 0.25) is 0 Å². The van der Waals surface area contributed by atoms with E-state index in [1.165, 1.54) is 0 Å². The molecule has 2 rings (SSSR count). The van der Waals surface area contributed by atoms with Crippen LogP contribution in [0.2, 0.25) is 5.15 Å². The minimum atomic E-state index is -0.255. The fraction of sp³-hybridized carbons (Fsp3) is 0.286. The summed E-state index contributed by atoms with van der Waals surface area (Å²) in [7, 11) is 0. The first-order valence-corrected chi connectivity index (χ1v) is 6.65. The second kappa shape index (κ2) is 5.96. The van der Waals surface area contributed by atoms with Crippen molar-refractivity contribution in [3.63, 3.8) is 0 Å². The third-order valence-electron chi connectivity index (χ3n) is 2.80. The number of hydrogen-bond acceptors (Lipinski definition) is 4. The molecule has 0 unspecified atom stereocenters. The molecule has 0 aliphatic rings. The van der Waals surface area contributed by atoms with Crippen molar-refractivity contribution >= 4 is 23.2 Å². The summed E-state index contributed by atoms with van der Waals surface area (Å²) >= 11 is 5.98. The monoisotopic (exact) mass is 290 g/mol. The number of carbonyl (C=O) groups is 1. The quantitative estimate of drug-likeness (QED) is 0.883. The van der Waals surface area contributed by atoms with Crippen LogP contribution < -0.4 is 5.32 Å². The Bertz CT molecular complexity index is 658. The van der Waals surface area contributed by atoms with Crippen molar-refractivity contribution in [1.29, 1.82) is 0 Å². The number of rotatable bonds is 3. The van der Waals surface area contributed by atoms with Crippen molar-refractivity contribution in [2.45, 2.75) is 27.2 Å². The van der Waals surface area contributed by atoms with Gasteiger partial charge in [0.25, 0.3) is 5.91 Å². The first kappa shape index (κ1) is 14.4. The number of hydrogen-bond donors (Lipinski definition) is 1. The predicted molar refractivity (Wildman–Crippen MR) is 78.1 cm³/mol. The van der Waals surface area contributed by atoms with Crippen LogP contribution in [-0.2, 0) is 6.42 Å². The Morgan fingerprint density at radius 2 is 2.05 bits per heavy atom. The van der Waals surface area contributed by atoms with Crippen LogP contribution in [0.15, 0.2) is 18.3 Å². The first-order valence-electron chi connectivity index (χ1n) is 6.28. The van der Waals surface area contributed by atoms with E-state index in [2.05, 4.69) is 20.5 Å². The molecule has 0 aromatic carbocycles. The highest BCUT2D eigenvalue weighted by Gasteiger charge is 2.14. The highest BCUT2D eigenvalue weighted by atomic mass is 35.5. The molecule has 0 saturated carbocycles. The molecule has 20 heavy (non-hydrogen) atoms. The number of nitrogens with zero attached hydrogens (tertiary/aromatic N) is 3. The minimum Gasteiger partial charge on any atom is -0.319 e. The van der Waals surface area contributed by atoms with Crippen molar-refractivity contribution < 1.29 is 4.79 Å². The lowest BCUT2D eigenvalue weighted by Crippen LogP contribution is -2.16. The van der Waals surface area contributed by atoms with Gasteiger partial charge in [-0.3, -0.25) is 4.79 Å². The lowest BCUT2D eigenvalue weighted by atomic mass is 10.1. The van der Waals surface area contributed by atoms with E-state index in [0.717, 1.165) is 5.56 Å². The van der Waals surface area contributed by atoms with Gasteiger partial charge < -0.3 is 5.32 Å². The SMILES string of the molecule is CCc1nnc(C)cc1C(=O)Nc1cc(C)cnc1Cl. The first-order chi connectivity index (χ1) is 9.51. The molecule has 5 nitrogen and oxygen atoms in total. The van der Waals surface area contributed by atoms with Crippen LogP contribution >= 0.6 is 11.6 Å². The zero-order valence-corrected chi connectivity index (χ0v) is 12.3. The van der Waals surface area contributed by atoms with Crippen LogP contribution in [0.1, 0.15) is 34.2 Å². The van der Waals surface area contributed by atoms with Gasteiger partial charge in [-0.15, -0.1) is 0 Å². The molecular formula is C14H15ClN4O. The van der Waals surface area contributed by atoms with Gasteiger partial charge in [0.1, 0.15) is 0 Å². The average Bonchev–Trinajstić information content (AvgIpc) is 2.42. The van der Waals surface area contributed by atoms with Crippen LogP contribution in [-0.4, -0.2) is 21.1 Å². The normalized spacial score (nSPS) is 10.4. The van der Waals surface area contributed by atoms with E-state index in [1.807, 2.05) is 13.8 Å². The lowest BCUT2D eigenvalue weighted by molar-refractivity contribution is 0.102. The van der Waals surface area contributed by atoms with E-state index in [-0.39, 0.29) is 11.1 Å². The van der Waals surface area contributed by atoms with Gasteiger partial charge in [0.05, 0.1) is 22.6 Å². The maximum atomic E-state index is 12.3. The number of carbonyl (C=O) groups excluding carboxylic acids is 1. The lowest BCUT2D eigenvalue weighted by Gasteiger charge is -2.10. The molecular weight excluding hydrogens is 276 g/mol. The van der Waals surface area contributed by atoms with Gasteiger partial charge in [-0.2, -0.15) is 10.2 Å². The molecule has 6 heteroatoms. The van der Waals surface area contributed by atoms with Crippen molar-refractivity contribution in [1.82, 2.24) is 15.2 Å². The van der Waals surface area contributed by atoms with Crippen LogP contribution in [0.5, 0.6) is 0 Å². The van der Waals surface area contributed by atoms with E-state index in [9.17, 15) is 4.79 Å². The van der Waals surface area contributed by atoms with Crippen LogP contribution in [0, 0.1) is 13.8 Å². The molecule has 1 amide bonds. The number of aromatic nitrogens is 3. The van der Waals surface area contributed by atoms with Gasteiger partial charge in [0, 0.05) is 6.20 Å². The number of anilines is 1. The Hall–Kier alpha value is -2.01. The van der Waals surface area contributed by atoms with Crippen LogP contribution in [0.25, 0.3) is 0 Å². The largest absolute Gasteiger partial charge is 0.319 e. The number of aryl methyl sites for hydroxylation is 3. The summed E-state index contributed by atoms with van der Waals surface area (Å²) in [4.78, 5) is 16.4. The number of halogens is 1. The Labute approximate surface area is 122 Å². The van der Waals surface area contributed by atoms with Crippen molar-refractivity contribution in [2.24, 2.45) is 0 Å². The Balaban J connectivity index is 2.32. The van der Waals surface area contributed by atoms with E-state index in [0.29, 0.717) is 29.1 Å². The van der Waals surface area contributed by atoms with Crippen molar-refractivity contribution in [3.8, 4) is 0 Å². The van der Waals surface area contributed by atoms with E-state index in [1.54, 1.807) is 25.3 Å². The second-order valence-corrected chi connectivity index (χ2v) is 4.86. The van der Waals surface area contributed by atoms with Crippen molar-refractivity contribution in [3.05, 3.63) is 46.0 Å². The summed E-state index contributed by atoms with van der Waals surface area (Å²) in [6.45, 7) is 5.61.